The Morgan fingerprint density at radius 1 is 1.04 bits per heavy atom. The largest absolute Gasteiger partial charge is 0.356 e. The summed E-state index contributed by atoms with van der Waals surface area (Å²) in [7, 11) is 0. The van der Waals surface area contributed by atoms with Crippen LogP contribution in [0.3, 0.4) is 0 Å². The van der Waals surface area contributed by atoms with E-state index in [9.17, 15) is 4.79 Å². The molecule has 1 N–H and O–H groups in total. The molecular weight excluding hydrogens is 336 g/mol. The number of nitrogens with one attached hydrogen (secondary N) is 1. The summed E-state index contributed by atoms with van der Waals surface area (Å²) in [6.45, 7) is 3.82. The van der Waals surface area contributed by atoms with Gasteiger partial charge in [0.25, 0.3) is 0 Å². The van der Waals surface area contributed by atoms with Crippen molar-refractivity contribution in [2.24, 2.45) is 5.92 Å². The highest BCUT2D eigenvalue weighted by molar-refractivity contribution is 5.79. The third-order valence-electron chi connectivity index (χ3n) is 5.89. The van der Waals surface area contributed by atoms with Gasteiger partial charge in [-0.2, -0.15) is 0 Å². The second kappa shape index (κ2) is 8.07. The topological polar surface area (TPSA) is 58.1 Å². The second-order valence-corrected chi connectivity index (χ2v) is 7.88. The van der Waals surface area contributed by atoms with Gasteiger partial charge in [-0.3, -0.25) is 4.79 Å². The number of aromatic nitrogens is 2. The SMILES string of the molecule is Cc1ccc(-c2cc(N3CCC(C(=O)NC4CCCC4)CC3)ncn2)cc1. The van der Waals surface area contributed by atoms with Gasteiger partial charge in [0.1, 0.15) is 12.1 Å². The third-order valence-corrected chi connectivity index (χ3v) is 5.89. The molecule has 0 unspecified atom stereocenters. The molecule has 2 fully saturated rings. The number of hydrogen-bond acceptors (Lipinski definition) is 4. The van der Waals surface area contributed by atoms with E-state index in [0.717, 1.165) is 55.8 Å². The molecule has 1 aromatic heterocycles. The first kappa shape index (κ1) is 18.0. The van der Waals surface area contributed by atoms with Crippen molar-refractivity contribution in [1.29, 1.82) is 0 Å². The smallest absolute Gasteiger partial charge is 0.223 e. The fourth-order valence-corrected chi connectivity index (χ4v) is 4.16. The number of aryl methyl sites for hydroxylation is 1. The van der Waals surface area contributed by atoms with Gasteiger partial charge in [0, 0.05) is 36.7 Å². The van der Waals surface area contributed by atoms with Gasteiger partial charge in [-0.05, 0) is 32.6 Å². The minimum Gasteiger partial charge on any atom is -0.356 e. The highest BCUT2D eigenvalue weighted by Crippen LogP contribution is 2.26. The van der Waals surface area contributed by atoms with Crippen molar-refractivity contribution in [3.63, 3.8) is 0 Å². The van der Waals surface area contributed by atoms with Crippen molar-refractivity contribution >= 4 is 11.7 Å². The van der Waals surface area contributed by atoms with E-state index in [2.05, 4.69) is 57.4 Å². The molecule has 5 nitrogen and oxygen atoms in total. The lowest BCUT2D eigenvalue weighted by Crippen LogP contribution is -2.43. The van der Waals surface area contributed by atoms with Crippen LogP contribution in [-0.4, -0.2) is 35.0 Å². The summed E-state index contributed by atoms with van der Waals surface area (Å²) in [6, 6.07) is 10.9. The number of carbonyl (C=O) groups excluding carboxylic acids is 1. The van der Waals surface area contributed by atoms with Crippen LogP contribution in [0, 0.1) is 12.8 Å². The van der Waals surface area contributed by atoms with Crippen LogP contribution in [0.4, 0.5) is 5.82 Å². The highest BCUT2D eigenvalue weighted by atomic mass is 16.1. The average molecular weight is 364 g/mol. The Morgan fingerprint density at radius 3 is 2.44 bits per heavy atom. The van der Waals surface area contributed by atoms with Gasteiger partial charge in [-0.15, -0.1) is 0 Å². The number of hydrogen-bond donors (Lipinski definition) is 1. The van der Waals surface area contributed by atoms with Crippen LogP contribution in [-0.2, 0) is 4.79 Å². The Bertz CT molecular complexity index is 775. The van der Waals surface area contributed by atoms with E-state index in [1.54, 1.807) is 6.33 Å². The fraction of sp³-hybridized carbons (Fsp3) is 0.500. The van der Waals surface area contributed by atoms with E-state index < -0.39 is 0 Å². The molecule has 5 heteroatoms. The molecule has 2 aromatic rings. The first-order chi connectivity index (χ1) is 13.2. The predicted molar refractivity (Wildman–Crippen MR) is 108 cm³/mol. The molecule has 142 valence electrons. The normalized spacial score (nSPS) is 18.6. The summed E-state index contributed by atoms with van der Waals surface area (Å²) >= 11 is 0. The molecule has 1 aliphatic heterocycles. The number of benzene rings is 1. The van der Waals surface area contributed by atoms with Gasteiger partial charge < -0.3 is 10.2 Å². The summed E-state index contributed by atoms with van der Waals surface area (Å²) in [4.78, 5) is 23.7. The van der Waals surface area contributed by atoms with E-state index in [-0.39, 0.29) is 11.8 Å². The molecule has 1 aliphatic carbocycles. The Labute approximate surface area is 161 Å². The highest BCUT2D eigenvalue weighted by Gasteiger charge is 2.28. The van der Waals surface area contributed by atoms with Crippen molar-refractivity contribution in [1.82, 2.24) is 15.3 Å². The lowest BCUT2D eigenvalue weighted by Gasteiger charge is -2.32. The molecule has 0 radical (unpaired) electrons. The van der Waals surface area contributed by atoms with Crippen molar-refractivity contribution in [2.45, 2.75) is 51.5 Å². The minimum absolute atomic E-state index is 0.139. The minimum atomic E-state index is 0.139. The zero-order valence-corrected chi connectivity index (χ0v) is 16.0. The molecule has 0 atom stereocenters. The average Bonchev–Trinajstić information content (AvgIpc) is 3.22. The number of nitrogens with zero attached hydrogens (tertiary/aromatic N) is 3. The zero-order chi connectivity index (χ0) is 18.6. The molecule has 4 rings (SSSR count). The summed E-state index contributed by atoms with van der Waals surface area (Å²) in [5.41, 5.74) is 3.29. The first-order valence-electron chi connectivity index (χ1n) is 10.1. The van der Waals surface area contributed by atoms with E-state index in [0.29, 0.717) is 6.04 Å². The predicted octanol–water partition coefficient (Wildman–Crippen LogP) is 3.73. The van der Waals surface area contributed by atoms with Crippen molar-refractivity contribution in [3.8, 4) is 11.3 Å². The summed E-state index contributed by atoms with van der Waals surface area (Å²) in [5.74, 6) is 1.35. The van der Waals surface area contributed by atoms with Crippen LogP contribution in [0.1, 0.15) is 44.1 Å². The maximum absolute atomic E-state index is 12.5. The Kier molecular flexibility index (Phi) is 5.37. The van der Waals surface area contributed by atoms with E-state index >= 15 is 0 Å². The van der Waals surface area contributed by atoms with E-state index in [1.807, 2.05) is 0 Å². The van der Waals surface area contributed by atoms with Crippen molar-refractivity contribution < 1.29 is 4.79 Å². The quantitative estimate of drug-likeness (QED) is 0.898. The van der Waals surface area contributed by atoms with Crippen molar-refractivity contribution in [2.75, 3.05) is 18.0 Å². The molecule has 1 amide bonds. The van der Waals surface area contributed by atoms with Crippen LogP contribution in [0.25, 0.3) is 11.3 Å². The Hall–Kier alpha value is -2.43. The molecule has 1 saturated heterocycles. The van der Waals surface area contributed by atoms with E-state index in [1.165, 1.54) is 18.4 Å². The molecule has 2 heterocycles. The number of anilines is 1. The van der Waals surface area contributed by atoms with E-state index in [4.69, 9.17) is 0 Å². The van der Waals surface area contributed by atoms with Gasteiger partial charge in [-0.25, -0.2) is 9.97 Å². The molecule has 27 heavy (non-hydrogen) atoms. The summed E-state index contributed by atoms with van der Waals surface area (Å²) < 4.78 is 0. The molecule has 2 aliphatic rings. The van der Waals surface area contributed by atoms with Gasteiger partial charge in [0.2, 0.25) is 5.91 Å². The van der Waals surface area contributed by atoms with Crippen LogP contribution < -0.4 is 10.2 Å². The molecule has 1 saturated carbocycles. The van der Waals surface area contributed by atoms with Gasteiger partial charge in [0.05, 0.1) is 5.69 Å². The molecule has 0 spiro atoms. The fourth-order valence-electron chi connectivity index (χ4n) is 4.16. The van der Waals surface area contributed by atoms with Crippen LogP contribution in [0.2, 0.25) is 0 Å². The monoisotopic (exact) mass is 364 g/mol. The second-order valence-electron chi connectivity index (χ2n) is 7.88. The van der Waals surface area contributed by atoms with Crippen LogP contribution >= 0.6 is 0 Å². The molecule has 1 aromatic carbocycles. The number of rotatable bonds is 4. The van der Waals surface area contributed by atoms with Gasteiger partial charge >= 0.3 is 0 Å². The van der Waals surface area contributed by atoms with Gasteiger partial charge in [-0.1, -0.05) is 42.7 Å². The van der Waals surface area contributed by atoms with Crippen LogP contribution in [0.15, 0.2) is 36.7 Å². The lowest BCUT2D eigenvalue weighted by atomic mass is 9.95. The lowest BCUT2D eigenvalue weighted by molar-refractivity contribution is -0.126. The maximum atomic E-state index is 12.5. The number of carbonyl (C=O) groups is 1. The van der Waals surface area contributed by atoms with Crippen LogP contribution in [0.5, 0.6) is 0 Å². The first-order valence-corrected chi connectivity index (χ1v) is 10.1. The molecular formula is C22H28N4O. The number of amides is 1. The Balaban J connectivity index is 1.37. The number of piperidine rings is 1. The molecule has 0 bridgehead atoms. The standard InChI is InChI=1S/C22H28N4O/c1-16-6-8-17(9-7-16)20-14-21(24-15-23-20)26-12-10-18(11-13-26)22(27)25-19-4-2-3-5-19/h6-9,14-15,18-19H,2-5,10-13H2,1H3,(H,25,27). The summed E-state index contributed by atoms with van der Waals surface area (Å²) in [5, 5.41) is 3.26. The maximum Gasteiger partial charge on any atom is 0.223 e. The van der Waals surface area contributed by atoms with Gasteiger partial charge in [0.15, 0.2) is 0 Å². The Morgan fingerprint density at radius 2 is 1.74 bits per heavy atom. The zero-order valence-electron chi connectivity index (χ0n) is 16.0. The van der Waals surface area contributed by atoms with Crippen molar-refractivity contribution in [3.05, 3.63) is 42.2 Å². The summed E-state index contributed by atoms with van der Waals surface area (Å²) in [6.07, 6.45) is 8.22. The third kappa shape index (κ3) is 4.29.